The van der Waals surface area contributed by atoms with Gasteiger partial charge in [0.25, 0.3) is 0 Å². The fourth-order valence-electron chi connectivity index (χ4n) is 5.17. The maximum atomic E-state index is 13.4. The first-order valence-electron chi connectivity index (χ1n) is 11.4. The molecule has 178 valence electrons. The molecule has 1 aliphatic heterocycles. The molecule has 1 aromatic heterocycles. The summed E-state index contributed by atoms with van der Waals surface area (Å²) in [5.41, 5.74) is 5.00. The highest BCUT2D eigenvalue weighted by Gasteiger charge is 2.37. The number of carbonyl (C=O) groups excluding carboxylic acids is 1. The third kappa shape index (κ3) is 3.98. The molecule has 0 unspecified atom stereocenters. The van der Waals surface area contributed by atoms with Crippen molar-refractivity contribution in [2.75, 3.05) is 22.8 Å². The Morgan fingerprint density at radius 3 is 2.33 bits per heavy atom. The topological polar surface area (TPSA) is 128 Å². The smallest absolute Gasteiger partial charge is 0.326 e. The van der Waals surface area contributed by atoms with Gasteiger partial charge in [0.1, 0.15) is 6.26 Å². The van der Waals surface area contributed by atoms with Crippen molar-refractivity contribution in [2.45, 2.75) is 64.3 Å². The summed E-state index contributed by atoms with van der Waals surface area (Å²) in [6.07, 6.45) is 7.34. The van der Waals surface area contributed by atoms with Crippen molar-refractivity contribution in [3.63, 3.8) is 0 Å². The van der Waals surface area contributed by atoms with E-state index in [0.29, 0.717) is 31.7 Å². The van der Waals surface area contributed by atoms with Crippen molar-refractivity contribution in [3.8, 4) is 0 Å². The lowest BCUT2D eigenvalue weighted by atomic mass is 9.99. The summed E-state index contributed by atoms with van der Waals surface area (Å²) in [4.78, 5) is 17.1. The standard InChI is InChI=1S/C22H27N4O6S/c1-14-23-20(13-32-14)25(17-8-10-31-11-9-17)33(29,30)26(28)22(27)24-21-18-6-2-4-15(18)12-16-5-3-7-19(16)21/h12-13,17H,2-11H2,1H3,(H,24,27)/q-1. The molecule has 1 N–H and O–H groups in total. The number of fused-ring (bicyclic) bond motifs is 2. The van der Waals surface area contributed by atoms with E-state index in [1.807, 2.05) is 0 Å². The van der Waals surface area contributed by atoms with Crippen LogP contribution >= 0.6 is 0 Å². The van der Waals surface area contributed by atoms with Gasteiger partial charge in [-0.2, -0.15) is 13.4 Å². The second-order valence-corrected chi connectivity index (χ2v) is 10.4. The van der Waals surface area contributed by atoms with Crippen LogP contribution in [0.4, 0.5) is 16.3 Å². The molecule has 1 aromatic carbocycles. The number of ether oxygens (including phenoxy) is 1. The van der Waals surface area contributed by atoms with E-state index >= 15 is 0 Å². The number of hydrogen-bond acceptors (Lipinski definition) is 7. The lowest BCUT2D eigenvalue weighted by Crippen LogP contribution is -2.51. The van der Waals surface area contributed by atoms with Gasteiger partial charge in [0.15, 0.2) is 11.7 Å². The Morgan fingerprint density at radius 2 is 1.76 bits per heavy atom. The molecule has 2 aliphatic carbocycles. The van der Waals surface area contributed by atoms with Gasteiger partial charge in [-0.05, 0) is 73.6 Å². The van der Waals surface area contributed by atoms with Crippen LogP contribution in [0.2, 0.25) is 0 Å². The van der Waals surface area contributed by atoms with E-state index in [1.165, 1.54) is 17.4 Å². The second-order valence-electron chi connectivity index (χ2n) is 8.76. The van der Waals surface area contributed by atoms with E-state index in [9.17, 15) is 18.4 Å². The van der Waals surface area contributed by atoms with Crippen LogP contribution in [-0.2, 0) is 40.6 Å². The predicted molar refractivity (Wildman–Crippen MR) is 121 cm³/mol. The molecule has 0 spiro atoms. The zero-order valence-corrected chi connectivity index (χ0v) is 19.3. The zero-order valence-electron chi connectivity index (χ0n) is 18.5. The van der Waals surface area contributed by atoms with Gasteiger partial charge in [0.05, 0.1) is 6.04 Å². The molecule has 0 atom stereocenters. The zero-order chi connectivity index (χ0) is 23.2. The summed E-state index contributed by atoms with van der Waals surface area (Å²) in [5, 5.41) is 15.7. The Kier molecular flexibility index (Phi) is 5.79. The molecular formula is C22H27N4O6S-. The summed E-state index contributed by atoms with van der Waals surface area (Å²) < 4.78 is 37.8. The molecule has 2 amide bonds. The molecule has 0 saturated carbocycles. The second kappa shape index (κ2) is 8.62. The fourth-order valence-corrected chi connectivity index (χ4v) is 6.49. The van der Waals surface area contributed by atoms with Gasteiger partial charge < -0.3 is 19.7 Å². The largest absolute Gasteiger partial charge is 0.740 e. The highest BCUT2D eigenvalue weighted by atomic mass is 32.2. The number of carbonyl (C=O) groups is 1. The van der Waals surface area contributed by atoms with Crippen molar-refractivity contribution in [2.24, 2.45) is 0 Å². The number of nitrogens with zero attached hydrogens (tertiary/aromatic N) is 3. The van der Waals surface area contributed by atoms with E-state index in [0.717, 1.165) is 54.0 Å². The Balaban J connectivity index is 1.45. The van der Waals surface area contributed by atoms with Gasteiger partial charge in [-0.25, -0.2) is 9.10 Å². The summed E-state index contributed by atoms with van der Waals surface area (Å²) in [6.45, 7) is 2.28. The molecule has 1 saturated heterocycles. The third-order valence-electron chi connectivity index (χ3n) is 6.68. The van der Waals surface area contributed by atoms with Crippen LogP contribution in [0.5, 0.6) is 0 Å². The predicted octanol–water partition coefficient (Wildman–Crippen LogP) is 3.22. The summed E-state index contributed by atoms with van der Waals surface area (Å²) in [5.74, 6) is 0.240. The summed E-state index contributed by atoms with van der Waals surface area (Å²) in [6, 6.07) is 0.413. The first kappa shape index (κ1) is 22.2. The van der Waals surface area contributed by atoms with Crippen LogP contribution in [0, 0.1) is 12.1 Å². The van der Waals surface area contributed by atoms with Crippen molar-refractivity contribution in [1.82, 2.24) is 9.45 Å². The van der Waals surface area contributed by atoms with Crippen LogP contribution in [0.25, 0.3) is 0 Å². The van der Waals surface area contributed by atoms with E-state index in [-0.39, 0.29) is 11.7 Å². The Bertz CT molecular complexity index is 1140. The summed E-state index contributed by atoms with van der Waals surface area (Å²) in [7, 11) is -4.77. The number of oxazole rings is 1. The molecule has 33 heavy (non-hydrogen) atoms. The molecule has 0 bridgehead atoms. The normalized spacial score (nSPS) is 18.1. The number of hydrogen-bond donors (Lipinski definition) is 1. The van der Waals surface area contributed by atoms with Gasteiger partial charge in [-0.1, -0.05) is 6.07 Å². The maximum Gasteiger partial charge on any atom is 0.326 e. The van der Waals surface area contributed by atoms with Crippen molar-refractivity contribution in [3.05, 3.63) is 45.7 Å². The molecule has 11 heteroatoms. The molecule has 10 nitrogen and oxygen atoms in total. The van der Waals surface area contributed by atoms with Crippen LogP contribution in [-0.4, -0.2) is 43.2 Å². The summed E-state index contributed by atoms with van der Waals surface area (Å²) >= 11 is 0. The van der Waals surface area contributed by atoms with Gasteiger partial charge in [-0.3, -0.25) is 4.47 Å². The van der Waals surface area contributed by atoms with Crippen LogP contribution in [0.1, 0.15) is 53.8 Å². The number of amides is 2. The number of rotatable bonds is 5. The maximum absolute atomic E-state index is 13.4. The molecular weight excluding hydrogens is 448 g/mol. The monoisotopic (exact) mass is 475 g/mol. The van der Waals surface area contributed by atoms with Crippen molar-refractivity contribution >= 4 is 27.7 Å². The number of benzene rings is 1. The number of aryl methyl sites for hydroxylation is 3. The van der Waals surface area contributed by atoms with Gasteiger partial charge in [-0.15, -0.1) is 0 Å². The van der Waals surface area contributed by atoms with Crippen molar-refractivity contribution < 1.29 is 22.4 Å². The van der Waals surface area contributed by atoms with E-state index < -0.39 is 26.8 Å². The quantitative estimate of drug-likeness (QED) is 0.658. The van der Waals surface area contributed by atoms with Crippen LogP contribution in [0.15, 0.2) is 16.7 Å². The number of urea groups is 1. The number of nitrogens with one attached hydrogen (secondary N) is 1. The minimum absolute atomic E-state index is 0.0189. The molecule has 1 fully saturated rings. The van der Waals surface area contributed by atoms with Gasteiger partial charge in [0, 0.05) is 25.8 Å². The molecule has 2 aromatic rings. The van der Waals surface area contributed by atoms with E-state index in [1.54, 1.807) is 6.92 Å². The molecule has 5 rings (SSSR count). The highest BCUT2D eigenvalue weighted by Crippen LogP contribution is 2.39. The lowest BCUT2D eigenvalue weighted by Gasteiger charge is -2.38. The van der Waals surface area contributed by atoms with Crippen molar-refractivity contribution in [1.29, 1.82) is 0 Å². The highest BCUT2D eigenvalue weighted by molar-refractivity contribution is 7.91. The van der Waals surface area contributed by atoms with E-state index in [2.05, 4.69) is 16.4 Å². The number of aromatic nitrogens is 1. The number of anilines is 2. The lowest BCUT2D eigenvalue weighted by molar-refractivity contribution is 0.0873. The minimum atomic E-state index is -4.77. The van der Waals surface area contributed by atoms with Gasteiger partial charge in [0.2, 0.25) is 0 Å². The van der Waals surface area contributed by atoms with Gasteiger partial charge >= 0.3 is 16.2 Å². The Morgan fingerprint density at radius 1 is 1.12 bits per heavy atom. The Labute approximate surface area is 192 Å². The van der Waals surface area contributed by atoms with E-state index in [4.69, 9.17) is 9.15 Å². The number of hydroxylamine groups is 1. The third-order valence-corrected chi connectivity index (χ3v) is 8.25. The fraction of sp³-hybridized carbons (Fsp3) is 0.545. The first-order valence-corrected chi connectivity index (χ1v) is 12.7. The molecule has 2 heterocycles. The average molecular weight is 476 g/mol. The minimum Gasteiger partial charge on any atom is -0.740 e. The molecule has 0 radical (unpaired) electrons. The SMILES string of the molecule is Cc1nc(N(C2CCOCC2)S(=O)(=O)N([O-])C(=O)Nc2c3c(cc4c2CCC4)CCC3)co1. The van der Waals surface area contributed by atoms with Crippen LogP contribution in [0.3, 0.4) is 0 Å². The average Bonchev–Trinajstić information content (AvgIpc) is 3.55. The van der Waals surface area contributed by atoms with Crippen LogP contribution < -0.4 is 9.62 Å². The Hall–Kier alpha value is -2.63. The first-order chi connectivity index (χ1) is 15.9. The molecule has 3 aliphatic rings.